The number of rotatable bonds is 4. The Morgan fingerprint density at radius 3 is 2.80 bits per heavy atom. The summed E-state index contributed by atoms with van der Waals surface area (Å²) in [6, 6.07) is 2.40. The second-order valence-electron chi connectivity index (χ2n) is 5.13. The molecule has 1 aliphatic carbocycles. The summed E-state index contributed by atoms with van der Waals surface area (Å²) in [5.41, 5.74) is -0.466. The number of hydrogen-bond donors (Lipinski definition) is 0. The Kier molecular flexibility index (Phi) is 4.60. The van der Waals surface area contributed by atoms with Crippen LogP contribution in [0.15, 0.2) is 0 Å². The quantitative estimate of drug-likeness (QED) is 0.709. The Balaban J connectivity index is 2.57. The molecule has 2 nitrogen and oxygen atoms in total. The predicted octanol–water partition coefficient (Wildman–Crippen LogP) is 3.52. The molecular weight excluding hydrogens is 186 g/mol. The fraction of sp³-hybridized carbons (Fsp3) is 0.923. The standard InChI is InChI=1S/C13H23NO/c1-4-15-13(10-14)7-5-6-12(9-13)8-11(2)3/h11-12H,4-9H2,1-3H3. The second kappa shape index (κ2) is 5.51. The molecule has 2 atom stereocenters. The van der Waals surface area contributed by atoms with Gasteiger partial charge in [0.15, 0.2) is 5.60 Å². The molecule has 0 saturated heterocycles. The third-order valence-corrected chi connectivity index (χ3v) is 3.24. The molecule has 1 rings (SSSR count). The Morgan fingerprint density at radius 2 is 2.27 bits per heavy atom. The second-order valence-corrected chi connectivity index (χ2v) is 5.13. The van der Waals surface area contributed by atoms with Crippen molar-refractivity contribution >= 4 is 0 Å². The molecule has 0 aromatic heterocycles. The van der Waals surface area contributed by atoms with Gasteiger partial charge in [-0.05, 0) is 44.4 Å². The van der Waals surface area contributed by atoms with E-state index in [1.54, 1.807) is 0 Å². The molecule has 15 heavy (non-hydrogen) atoms. The fourth-order valence-electron chi connectivity index (χ4n) is 2.76. The lowest BCUT2D eigenvalue weighted by Gasteiger charge is -2.36. The van der Waals surface area contributed by atoms with E-state index in [-0.39, 0.29) is 0 Å². The summed E-state index contributed by atoms with van der Waals surface area (Å²) in [6.07, 6.45) is 5.51. The molecule has 0 radical (unpaired) electrons. The molecule has 1 saturated carbocycles. The lowest BCUT2D eigenvalue weighted by atomic mass is 9.75. The summed E-state index contributed by atoms with van der Waals surface area (Å²) in [5.74, 6) is 1.41. The highest BCUT2D eigenvalue weighted by molar-refractivity contribution is 5.05. The Labute approximate surface area is 93.6 Å². The predicted molar refractivity (Wildman–Crippen MR) is 61.4 cm³/mol. The van der Waals surface area contributed by atoms with Crippen molar-refractivity contribution in [3.05, 3.63) is 0 Å². The van der Waals surface area contributed by atoms with Crippen LogP contribution in [0.2, 0.25) is 0 Å². The maximum atomic E-state index is 9.25. The van der Waals surface area contributed by atoms with E-state index in [2.05, 4.69) is 19.9 Å². The number of nitrogens with zero attached hydrogens (tertiary/aromatic N) is 1. The van der Waals surface area contributed by atoms with Crippen molar-refractivity contribution in [1.82, 2.24) is 0 Å². The molecule has 2 heteroatoms. The summed E-state index contributed by atoms with van der Waals surface area (Å²) in [7, 11) is 0. The molecule has 2 unspecified atom stereocenters. The van der Waals surface area contributed by atoms with Crippen LogP contribution in [-0.2, 0) is 4.74 Å². The SMILES string of the molecule is CCOC1(C#N)CCCC(CC(C)C)C1. The number of nitriles is 1. The van der Waals surface area contributed by atoms with Gasteiger partial charge in [0.25, 0.3) is 0 Å². The zero-order chi connectivity index (χ0) is 11.3. The lowest BCUT2D eigenvalue weighted by molar-refractivity contribution is -0.0379. The molecule has 0 N–H and O–H groups in total. The van der Waals surface area contributed by atoms with Gasteiger partial charge in [-0.1, -0.05) is 20.3 Å². The van der Waals surface area contributed by atoms with Gasteiger partial charge in [-0.25, -0.2) is 0 Å². The van der Waals surface area contributed by atoms with Crippen LogP contribution in [0.5, 0.6) is 0 Å². The molecular formula is C13H23NO. The van der Waals surface area contributed by atoms with Crippen molar-refractivity contribution < 1.29 is 4.74 Å². The minimum atomic E-state index is -0.466. The monoisotopic (exact) mass is 209 g/mol. The Bertz CT molecular complexity index is 227. The third kappa shape index (κ3) is 3.50. The first-order valence-electron chi connectivity index (χ1n) is 6.17. The van der Waals surface area contributed by atoms with Crippen LogP contribution in [-0.4, -0.2) is 12.2 Å². The first kappa shape index (κ1) is 12.5. The average molecular weight is 209 g/mol. The Hall–Kier alpha value is -0.550. The fourth-order valence-corrected chi connectivity index (χ4v) is 2.76. The summed E-state index contributed by atoms with van der Waals surface area (Å²) in [5, 5.41) is 9.25. The largest absolute Gasteiger partial charge is 0.360 e. The van der Waals surface area contributed by atoms with Gasteiger partial charge < -0.3 is 4.74 Å². The van der Waals surface area contributed by atoms with Crippen LogP contribution in [0.3, 0.4) is 0 Å². The number of hydrogen-bond acceptors (Lipinski definition) is 2. The molecule has 0 bridgehead atoms. The van der Waals surface area contributed by atoms with Gasteiger partial charge in [0.05, 0.1) is 6.07 Å². The Morgan fingerprint density at radius 1 is 1.53 bits per heavy atom. The molecule has 1 aliphatic rings. The van der Waals surface area contributed by atoms with Crippen molar-refractivity contribution in [2.24, 2.45) is 11.8 Å². The summed E-state index contributed by atoms with van der Waals surface area (Å²) in [4.78, 5) is 0. The highest BCUT2D eigenvalue weighted by atomic mass is 16.5. The van der Waals surface area contributed by atoms with Crippen molar-refractivity contribution in [2.45, 2.75) is 58.5 Å². The van der Waals surface area contributed by atoms with E-state index in [4.69, 9.17) is 4.74 Å². The maximum Gasteiger partial charge on any atom is 0.154 e. The van der Waals surface area contributed by atoms with Gasteiger partial charge >= 0.3 is 0 Å². The van der Waals surface area contributed by atoms with Gasteiger partial charge in [0.2, 0.25) is 0 Å². The molecule has 0 aromatic carbocycles. The maximum absolute atomic E-state index is 9.25. The molecule has 1 fully saturated rings. The minimum absolute atomic E-state index is 0.466. The average Bonchev–Trinajstić information content (AvgIpc) is 2.17. The van der Waals surface area contributed by atoms with E-state index in [0.29, 0.717) is 12.5 Å². The normalized spacial score (nSPS) is 31.5. The van der Waals surface area contributed by atoms with Gasteiger partial charge in [0.1, 0.15) is 0 Å². The third-order valence-electron chi connectivity index (χ3n) is 3.24. The highest BCUT2D eigenvalue weighted by Gasteiger charge is 2.37. The molecule has 0 heterocycles. The van der Waals surface area contributed by atoms with E-state index in [0.717, 1.165) is 25.2 Å². The minimum Gasteiger partial charge on any atom is -0.360 e. The van der Waals surface area contributed by atoms with E-state index in [1.165, 1.54) is 12.8 Å². The zero-order valence-corrected chi connectivity index (χ0v) is 10.3. The van der Waals surface area contributed by atoms with Crippen molar-refractivity contribution in [2.75, 3.05) is 6.61 Å². The van der Waals surface area contributed by atoms with E-state index in [9.17, 15) is 5.26 Å². The molecule has 0 amide bonds. The first-order chi connectivity index (χ1) is 7.12. The van der Waals surface area contributed by atoms with Gasteiger partial charge in [-0.15, -0.1) is 0 Å². The molecule has 0 aromatic rings. The topological polar surface area (TPSA) is 33.0 Å². The summed E-state index contributed by atoms with van der Waals surface area (Å²) in [6.45, 7) is 7.14. The lowest BCUT2D eigenvalue weighted by Crippen LogP contribution is -2.37. The molecule has 86 valence electrons. The molecule has 0 spiro atoms. The van der Waals surface area contributed by atoms with Gasteiger partial charge in [0, 0.05) is 6.61 Å². The summed E-state index contributed by atoms with van der Waals surface area (Å²) < 4.78 is 5.67. The smallest absolute Gasteiger partial charge is 0.154 e. The first-order valence-corrected chi connectivity index (χ1v) is 6.17. The van der Waals surface area contributed by atoms with Crippen LogP contribution in [0.1, 0.15) is 52.9 Å². The summed E-state index contributed by atoms with van der Waals surface area (Å²) >= 11 is 0. The van der Waals surface area contributed by atoms with Gasteiger partial charge in [-0.2, -0.15) is 5.26 Å². The van der Waals surface area contributed by atoms with E-state index < -0.39 is 5.60 Å². The zero-order valence-electron chi connectivity index (χ0n) is 10.3. The van der Waals surface area contributed by atoms with Crippen molar-refractivity contribution in [3.63, 3.8) is 0 Å². The van der Waals surface area contributed by atoms with Crippen LogP contribution in [0.25, 0.3) is 0 Å². The van der Waals surface area contributed by atoms with Crippen molar-refractivity contribution in [1.29, 1.82) is 5.26 Å². The van der Waals surface area contributed by atoms with Crippen molar-refractivity contribution in [3.8, 4) is 6.07 Å². The van der Waals surface area contributed by atoms with Crippen LogP contribution < -0.4 is 0 Å². The van der Waals surface area contributed by atoms with Gasteiger partial charge in [-0.3, -0.25) is 0 Å². The molecule has 0 aliphatic heterocycles. The van der Waals surface area contributed by atoms with E-state index in [1.807, 2.05) is 6.92 Å². The van der Waals surface area contributed by atoms with Crippen LogP contribution >= 0.6 is 0 Å². The highest BCUT2D eigenvalue weighted by Crippen LogP contribution is 2.37. The van der Waals surface area contributed by atoms with E-state index >= 15 is 0 Å². The number of ether oxygens (including phenoxy) is 1. The van der Waals surface area contributed by atoms with Crippen LogP contribution in [0, 0.1) is 23.2 Å². The van der Waals surface area contributed by atoms with Crippen LogP contribution in [0.4, 0.5) is 0 Å².